The van der Waals surface area contributed by atoms with E-state index in [4.69, 9.17) is 15.0 Å². The van der Waals surface area contributed by atoms with Gasteiger partial charge in [-0.25, -0.2) is 0 Å². The van der Waals surface area contributed by atoms with Gasteiger partial charge in [0.25, 0.3) is 5.97 Å². The van der Waals surface area contributed by atoms with E-state index in [-0.39, 0.29) is 13.4 Å². The zero-order valence-corrected chi connectivity index (χ0v) is 6.74. The minimum Gasteiger partial charge on any atom is -0.481 e. The Hall–Kier alpha value is -0.650. The van der Waals surface area contributed by atoms with E-state index in [1.54, 1.807) is 0 Å². The van der Waals surface area contributed by atoms with Gasteiger partial charge in [0.05, 0.1) is 13.2 Å². The van der Waals surface area contributed by atoms with Gasteiger partial charge in [0.2, 0.25) is 0 Å². The summed E-state index contributed by atoms with van der Waals surface area (Å²) in [5, 5.41) is 15.5. The van der Waals surface area contributed by atoms with Crippen LogP contribution in [0.4, 0.5) is 0 Å². The maximum Gasteiger partial charge on any atom is 0.300 e. The van der Waals surface area contributed by atoms with Crippen LogP contribution in [0.5, 0.6) is 0 Å². The molecular formula is C6H14O5. The van der Waals surface area contributed by atoms with Crippen molar-refractivity contribution >= 4 is 5.97 Å². The first-order chi connectivity index (χ1) is 5.15. The summed E-state index contributed by atoms with van der Waals surface area (Å²) in [6.45, 7) is 1.76. The molecule has 0 aliphatic carbocycles. The number of aliphatic carboxylic acids is 1. The highest BCUT2D eigenvalue weighted by molar-refractivity contribution is 5.62. The molecule has 0 aromatic rings. The largest absolute Gasteiger partial charge is 0.481 e. The number of methoxy groups -OCH3 is 1. The minimum atomic E-state index is -0.833. The molecule has 0 unspecified atom stereocenters. The van der Waals surface area contributed by atoms with E-state index >= 15 is 0 Å². The van der Waals surface area contributed by atoms with Gasteiger partial charge in [-0.15, -0.1) is 0 Å². The van der Waals surface area contributed by atoms with Crippen LogP contribution in [-0.2, 0) is 14.3 Å². The molecule has 0 fully saturated rings. The number of rotatable bonds is 4. The van der Waals surface area contributed by atoms with E-state index in [9.17, 15) is 0 Å². The summed E-state index contributed by atoms with van der Waals surface area (Å²) in [7, 11) is 1.54. The Balaban J connectivity index is 0. The Morgan fingerprint density at radius 2 is 2.00 bits per heavy atom. The Morgan fingerprint density at radius 1 is 1.55 bits per heavy atom. The molecule has 0 bridgehead atoms. The number of carboxylic acids is 1. The van der Waals surface area contributed by atoms with E-state index in [1.165, 1.54) is 7.11 Å². The molecular weight excluding hydrogens is 152 g/mol. The van der Waals surface area contributed by atoms with E-state index < -0.39 is 5.97 Å². The third kappa shape index (κ3) is 45.0. The van der Waals surface area contributed by atoms with Gasteiger partial charge in [-0.3, -0.25) is 4.79 Å². The van der Waals surface area contributed by atoms with Gasteiger partial charge in [-0.2, -0.15) is 0 Å². The monoisotopic (exact) mass is 166 g/mol. The lowest BCUT2D eigenvalue weighted by Crippen LogP contribution is -2.01. The molecule has 0 spiro atoms. The van der Waals surface area contributed by atoms with Gasteiger partial charge >= 0.3 is 0 Å². The van der Waals surface area contributed by atoms with Gasteiger partial charge < -0.3 is 19.7 Å². The fraction of sp³-hybridized carbons (Fsp3) is 0.833. The third-order valence-electron chi connectivity index (χ3n) is 0.437. The molecule has 0 heterocycles. The van der Waals surface area contributed by atoms with Crippen LogP contribution in [0.3, 0.4) is 0 Å². The number of carbonyl (C=O) groups is 1. The molecule has 68 valence electrons. The SMILES string of the molecule is CC(=O)O.COCOCCO. The predicted molar refractivity (Wildman–Crippen MR) is 38.2 cm³/mol. The van der Waals surface area contributed by atoms with E-state index in [0.29, 0.717) is 6.61 Å². The van der Waals surface area contributed by atoms with Crippen LogP contribution < -0.4 is 0 Å². The Labute approximate surface area is 65.5 Å². The lowest BCUT2D eigenvalue weighted by molar-refractivity contribution is -0.134. The molecule has 0 rings (SSSR count). The maximum absolute atomic E-state index is 9.00. The molecule has 5 heteroatoms. The highest BCUT2D eigenvalue weighted by Crippen LogP contribution is 1.70. The van der Waals surface area contributed by atoms with Gasteiger partial charge in [-0.1, -0.05) is 0 Å². The molecule has 11 heavy (non-hydrogen) atoms. The van der Waals surface area contributed by atoms with Crippen molar-refractivity contribution in [1.29, 1.82) is 0 Å². The van der Waals surface area contributed by atoms with Crippen molar-refractivity contribution in [3.05, 3.63) is 0 Å². The average Bonchev–Trinajstić information content (AvgIpc) is 1.88. The zero-order valence-electron chi connectivity index (χ0n) is 6.74. The van der Waals surface area contributed by atoms with Crippen LogP contribution in [-0.4, -0.2) is 43.3 Å². The molecule has 0 saturated heterocycles. The van der Waals surface area contributed by atoms with Crippen LogP contribution in [0.2, 0.25) is 0 Å². The van der Waals surface area contributed by atoms with Gasteiger partial charge in [0.1, 0.15) is 6.79 Å². The number of aliphatic hydroxyl groups is 1. The van der Waals surface area contributed by atoms with Crippen molar-refractivity contribution in [3.63, 3.8) is 0 Å². The highest BCUT2D eigenvalue weighted by Gasteiger charge is 1.78. The van der Waals surface area contributed by atoms with Crippen LogP contribution >= 0.6 is 0 Å². The van der Waals surface area contributed by atoms with Gasteiger partial charge in [0.15, 0.2) is 0 Å². The summed E-state index contributed by atoms with van der Waals surface area (Å²) in [4.78, 5) is 9.00. The molecule has 5 nitrogen and oxygen atoms in total. The average molecular weight is 166 g/mol. The predicted octanol–water partition coefficient (Wildman–Crippen LogP) is -0.310. The quantitative estimate of drug-likeness (QED) is 0.442. The standard InChI is InChI=1S/C4H10O3.C2H4O2/c1-6-4-7-3-2-5;1-2(3)4/h5H,2-4H2,1H3;1H3,(H,3,4). The smallest absolute Gasteiger partial charge is 0.300 e. The molecule has 0 aromatic heterocycles. The second-order valence-corrected chi connectivity index (χ2v) is 1.56. The number of ether oxygens (including phenoxy) is 2. The van der Waals surface area contributed by atoms with Crippen molar-refractivity contribution in [2.75, 3.05) is 27.1 Å². The second-order valence-electron chi connectivity index (χ2n) is 1.56. The Morgan fingerprint density at radius 3 is 2.27 bits per heavy atom. The van der Waals surface area contributed by atoms with Crippen LogP contribution in [0.25, 0.3) is 0 Å². The molecule has 0 atom stereocenters. The summed E-state index contributed by atoms with van der Waals surface area (Å²) >= 11 is 0. The van der Waals surface area contributed by atoms with Gasteiger partial charge in [0, 0.05) is 14.0 Å². The Bertz CT molecular complexity index is 75.0. The first-order valence-electron chi connectivity index (χ1n) is 3.02. The van der Waals surface area contributed by atoms with Crippen molar-refractivity contribution in [2.24, 2.45) is 0 Å². The third-order valence-corrected chi connectivity index (χ3v) is 0.437. The number of hydrogen-bond acceptors (Lipinski definition) is 4. The molecule has 0 saturated carbocycles. The topological polar surface area (TPSA) is 76.0 Å². The van der Waals surface area contributed by atoms with Crippen molar-refractivity contribution in [2.45, 2.75) is 6.92 Å². The highest BCUT2D eigenvalue weighted by atomic mass is 16.7. The fourth-order valence-electron chi connectivity index (χ4n) is 0.207. The van der Waals surface area contributed by atoms with Gasteiger partial charge in [-0.05, 0) is 0 Å². The summed E-state index contributed by atoms with van der Waals surface area (Å²) in [6, 6.07) is 0. The van der Waals surface area contributed by atoms with Crippen molar-refractivity contribution < 1.29 is 24.5 Å². The molecule has 0 aromatic carbocycles. The molecule has 0 amide bonds. The normalized spacial score (nSPS) is 8.27. The molecule has 2 N–H and O–H groups in total. The van der Waals surface area contributed by atoms with Crippen LogP contribution in [0.15, 0.2) is 0 Å². The summed E-state index contributed by atoms with van der Waals surface area (Å²) in [5.41, 5.74) is 0. The van der Waals surface area contributed by atoms with Crippen molar-refractivity contribution in [3.8, 4) is 0 Å². The summed E-state index contributed by atoms with van der Waals surface area (Å²) in [6.07, 6.45) is 0. The van der Waals surface area contributed by atoms with Crippen LogP contribution in [0.1, 0.15) is 6.92 Å². The number of hydrogen-bond donors (Lipinski definition) is 2. The molecule has 0 aliphatic heterocycles. The number of aliphatic hydroxyl groups excluding tert-OH is 1. The first kappa shape index (κ1) is 13.0. The zero-order chi connectivity index (χ0) is 9.11. The van der Waals surface area contributed by atoms with Crippen LogP contribution in [0, 0.1) is 0 Å². The lowest BCUT2D eigenvalue weighted by Gasteiger charge is -1.96. The fourth-order valence-corrected chi connectivity index (χ4v) is 0.207. The maximum atomic E-state index is 9.00. The minimum absolute atomic E-state index is 0.0589. The second kappa shape index (κ2) is 12.1. The summed E-state index contributed by atoms with van der Waals surface area (Å²) in [5.74, 6) is -0.833. The first-order valence-corrected chi connectivity index (χ1v) is 3.02. The lowest BCUT2D eigenvalue weighted by atomic mass is 10.8. The van der Waals surface area contributed by atoms with E-state index in [2.05, 4.69) is 9.47 Å². The van der Waals surface area contributed by atoms with Crippen molar-refractivity contribution in [1.82, 2.24) is 0 Å². The summed E-state index contributed by atoms with van der Waals surface area (Å²) < 4.78 is 9.17. The number of carboxylic acid groups (broad SMARTS) is 1. The van der Waals surface area contributed by atoms with E-state index in [0.717, 1.165) is 6.92 Å². The molecule has 0 radical (unpaired) electrons. The Kier molecular flexibility index (Phi) is 14.2. The molecule has 0 aliphatic rings. The van der Waals surface area contributed by atoms with E-state index in [1.807, 2.05) is 0 Å².